The van der Waals surface area contributed by atoms with Crippen molar-refractivity contribution in [2.24, 2.45) is 5.73 Å². The van der Waals surface area contributed by atoms with Crippen molar-refractivity contribution < 1.29 is 37.5 Å². The Balaban J connectivity index is 1.53. The number of carboxylic acid groups (broad SMARTS) is 1. The third kappa shape index (κ3) is 5.46. The fraction of sp³-hybridized carbons (Fsp3) is 0.231. The number of ether oxygens (including phenoxy) is 1. The van der Waals surface area contributed by atoms with E-state index in [2.05, 4.69) is 0 Å². The van der Waals surface area contributed by atoms with Crippen LogP contribution in [0, 0.1) is 0 Å². The fourth-order valence-corrected chi connectivity index (χ4v) is 4.14. The Kier molecular flexibility index (Phi) is 6.79. The SMILES string of the molecule is N[C@H](CC(=O)O)C(O)=[N+]1CCc2cc(OCc3ccc(-c4ccccc4)c(C(F)(F)F)c3)ccc21. The van der Waals surface area contributed by atoms with Crippen LogP contribution >= 0.6 is 0 Å². The van der Waals surface area contributed by atoms with Gasteiger partial charge in [-0.2, -0.15) is 17.7 Å². The van der Waals surface area contributed by atoms with Crippen LogP contribution in [0.3, 0.4) is 0 Å². The summed E-state index contributed by atoms with van der Waals surface area (Å²) in [5.41, 5.74) is 7.56. The molecule has 1 aliphatic rings. The summed E-state index contributed by atoms with van der Waals surface area (Å²) in [4.78, 5) is 10.9. The lowest BCUT2D eigenvalue weighted by Gasteiger charge is -2.15. The van der Waals surface area contributed by atoms with Crippen LogP contribution in [0.25, 0.3) is 11.1 Å². The number of hydrogen-bond donors (Lipinski definition) is 3. The highest BCUT2D eigenvalue weighted by molar-refractivity contribution is 5.82. The van der Waals surface area contributed by atoms with E-state index in [1.807, 2.05) is 0 Å². The Hall–Kier alpha value is -3.85. The normalized spacial score (nSPS) is 15.4. The number of nitrogens with two attached hydrogens (primary N) is 1. The minimum absolute atomic E-state index is 0.0541. The molecule has 0 bridgehead atoms. The third-order valence-electron chi connectivity index (χ3n) is 5.83. The topological polar surface area (TPSA) is 95.8 Å². The van der Waals surface area contributed by atoms with Gasteiger partial charge in [-0.05, 0) is 34.9 Å². The zero-order chi connectivity index (χ0) is 25.2. The molecule has 0 unspecified atom stereocenters. The summed E-state index contributed by atoms with van der Waals surface area (Å²) in [5.74, 6) is -0.865. The summed E-state index contributed by atoms with van der Waals surface area (Å²) < 4.78 is 48.6. The van der Waals surface area contributed by atoms with E-state index in [0.717, 1.165) is 11.6 Å². The van der Waals surface area contributed by atoms with E-state index in [1.54, 1.807) is 59.2 Å². The summed E-state index contributed by atoms with van der Waals surface area (Å²) in [5, 5.41) is 19.3. The maximum atomic E-state index is 13.7. The first kappa shape index (κ1) is 24.3. The van der Waals surface area contributed by atoms with Gasteiger partial charge in [-0.1, -0.05) is 42.5 Å². The molecule has 9 heteroatoms. The van der Waals surface area contributed by atoms with E-state index < -0.39 is 30.2 Å². The number of rotatable bonds is 7. The molecule has 3 aromatic carbocycles. The van der Waals surface area contributed by atoms with E-state index in [4.69, 9.17) is 15.6 Å². The van der Waals surface area contributed by atoms with Gasteiger partial charge in [0, 0.05) is 18.1 Å². The molecule has 4 rings (SSSR count). The first-order valence-electron chi connectivity index (χ1n) is 11.0. The van der Waals surface area contributed by atoms with E-state index in [-0.39, 0.29) is 18.1 Å². The van der Waals surface area contributed by atoms with Crippen molar-refractivity contribution in [3.8, 4) is 16.9 Å². The number of benzene rings is 3. The average molecular weight is 485 g/mol. The molecule has 0 radical (unpaired) electrons. The van der Waals surface area contributed by atoms with Crippen molar-refractivity contribution >= 4 is 17.6 Å². The molecular formula is C26H24F3N2O4+. The molecule has 0 saturated carbocycles. The van der Waals surface area contributed by atoms with Crippen LogP contribution in [0.2, 0.25) is 0 Å². The monoisotopic (exact) mass is 485 g/mol. The molecule has 3 aromatic rings. The molecule has 0 fully saturated rings. The summed E-state index contributed by atoms with van der Waals surface area (Å²) in [6, 6.07) is 16.7. The first-order valence-corrected chi connectivity index (χ1v) is 11.0. The van der Waals surface area contributed by atoms with Crippen molar-refractivity contribution in [3.63, 3.8) is 0 Å². The predicted octanol–water partition coefficient (Wildman–Crippen LogP) is 4.91. The second-order valence-corrected chi connectivity index (χ2v) is 8.29. The minimum Gasteiger partial charge on any atom is -0.489 e. The van der Waals surface area contributed by atoms with Gasteiger partial charge in [0.25, 0.3) is 0 Å². The molecule has 1 heterocycles. The first-order chi connectivity index (χ1) is 16.6. The highest BCUT2D eigenvalue weighted by Gasteiger charge is 2.34. The highest BCUT2D eigenvalue weighted by atomic mass is 19.4. The summed E-state index contributed by atoms with van der Waals surface area (Å²) in [6.07, 6.45) is -4.35. The Morgan fingerprint density at radius 3 is 2.49 bits per heavy atom. The molecule has 0 spiro atoms. The lowest BCUT2D eigenvalue weighted by molar-refractivity contribution is -0.440. The number of halogens is 3. The fourth-order valence-electron chi connectivity index (χ4n) is 4.14. The van der Waals surface area contributed by atoms with Gasteiger partial charge in [0.2, 0.25) is 5.69 Å². The van der Waals surface area contributed by atoms with Crippen molar-refractivity contribution in [1.82, 2.24) is 0 Å². The number of nitrogens with zero attached hydrogens (tertiary/aromatic N) is 1. The van der Waals surface area contributed by atoms with Crippen LogP contribution in [-0.2, 0) is 24.0 Å². The second-order valence-electron chi connectivity index (χ2n) is 8.29. The number of hydrogen-bond acceptors (Lipinski definition) is 3. The Bertz CT molecular complexity index is 1270. The number of carbonyl (C=O) groups is 1. The minimum atomic E-state index is -4.52. The quantitative estimate of drug-likeness (QED) is 0.327. The number of aliphatic hydroxyl groups excluding tert-OH is 1. The van der Waals surface area contributed by atoms with Gasteiger partial charge in [-0.25, -0.2) is 0 Å². The van der Waals surface area contributed by atoms with Gasteiger partial charge < -0.3 is 20.7 Å². The van der Waals surface area contributed by atoms with Crippen molar-refractivity contribution in [2.45, 2.75) is 31.7 Å². The maximum Gasteiger partial charge on any atom is 0.417 e. The van der Waals surface area contributed by atoms with Gasteiger partial charge in [0.1, 0.15) is 18.4 Å². The number of aliphatic carboxylic acids is 1. The molecule has 4 N–H and O–H groups in total. The van der Waals surface area contributed by atoms with E-state index in [9.17, 15) is 23.1 Å². The number of alkyl halides is 3. The van der Waals surface area contributed by atoms with Gasteiger partial charge in [-0.3, -0.25) is 4.79 Å². The zero-order valence-electron chi connectivity index (χ0n) is 18.6. The molecule has 6 nitrogen and oxygen atoms in total. The molecule has 0 saturated heterocycles. The summed E-state index contributed by atoms with van der Waals surface area (Å²) in [6.45, 7) is 0.370. The van der Waals surface area contributed by atoms with Crippen LogP contribution in [0.15, 0.2) is 66.7 Å². The summed E-state index contributed by atoms with van der Waals surface area (Å²) in [7, 11) is 0. The molecule has 0 aromatic heterocycles. The van der Waals surface area contributed by atoms with Gasteiger partial charge >= 0.3 is 18.0 Å². The largest absolute Gasteiger partial charge is 0.489 e. The number of aliphatic hydroxyl groups is 1. The second kappa shape index (κ2) is 9.79. The molecule has 35 heavy (non-hydrogen) atoms. The lowest BCUT2D eigenvalue weighted by atomic mass is 9.97. The molecular weight excluding hydrogens is 461 g/mol. The predicted molar refractivity (Wildman–Crippen MR) is 124 cm³/mol. The van der Waals surface area contributed by atoms with E-state index in [0.29, 0.717) is 35.5 Å². The smallest absolute Gasteiger partial charge is 0.417 e. The molecule has 0 aliphatic carbocycles. The van der Waals surface area contributed by atoms with Crippen LogP contribution in [0.5, 0.6) is 5.75 Å². The molecule has 1 atom stereocenters. The van der Waals surface area contributed by atoms with Crippen molar-refractivity contribution in [3.05, 3.63) is 83.4 Å². The Morgan fingerprint density at radius 2 is 1.80 bits per heavy atom. The van der Waals surface area contributed by atoms with Gasteiger partial charge in [0.15, 0.2) is 6.54 Å². The van der Waals surface area contributed by atoms with Crippen LogP contribution in [0.4, 0.5) is 18.9 Å². The number of fused-ring (bicyclic) bond motifs is 1. The molecule has 0 amide bonds. The van der Waals surface area contributed by atoms with E-state index >= 15 is 0 Å². The van der Waals surface area contributed by atoms with Gasteiger partial charge in [0.05, 0.1) is 12.0 Å². The van der Waals surface area contributed by atoms with Gasteiger partial charge in [-0.15, -0.1) is 0 Å². The van der Waals surface area contributed by atoms with Crippen LogP contribution in [-0.4, -0.2) is 39.2 Å². The zero-order valence-corrected chi connectivity index (χ0v) is 18.6. The van der Waals surface area contributed by atoms with Crippen molar-refractivity contribution in [2.75, 3.05) is 6.54 Å². The maximum absolute atomic E-state index is 13.7. The Morgan fingerprint density at radius 1 is 1.06 bits per heavy atom. The van der Waals surface area contributed by atoms with E-state index in [1.165, 1.54) is 6.07 Å². The summed E-state index contributed by atoms with van der Waals surface area (Å²) >= 11 is 0. The standard InChI is InChI=1S/C26H23F3N2O4/c27-26(28,29)21-12-16(6-8-20(21)17-4-2-1-3-5-17)15-35-19-7-9-23-18(13-19)10-11-31(23)25(34)22(30)14-24(32)33/h1-9,12-13,22H,10-11,14-15,30H2,(H,32,33)/p+1/t22-/m1/s1. The Labute approximate surface area is 199 Å². The number of carboxylic acids is 1. The van der Waals surface area contributed by atoms with Crippen molar-refractivity contribution in [1.29, 1.82) is 0 Å². The third-order valence-corrected chi connectivity index (χ3v) is 5.83. The van der Waals surface area contributed by atoms with Crippen LogP contribution in [0.1, 0.15) is 23.1 Å². The molecule has 1 aliphatic heterocycles. The highest BCUT2D eigenvalue weighted by Crippen LogP contribution is 2.38. The molecule has 182 valence electrons. The lowest BCUT2D eigenvalue weighted by Crippen LogP contribution is -2.37. The average Bonchev–Trinajstić information content (AvgIpc) is 3.25. The van der Waals surface area contributed by atoms with Crippen LogP contribution < -0.4 is 10.5 Å².